The first kappa shape index (κ1) is 11.7. The van der Waals surface area contributed by atoms with Crippen molar-refractivity contribution in [3.05, 3.63) is 11.1 Å². The molecule has 0 rings (SSSR count). The summed E-state index contributed by atoms with van der Waals surface area (Å²) < 4.78 is 8.51. The first-order chi connectivity index (χ1) is 6.02. The van der Waals surface area contributed by atoms with E-state index in [2.05, 4.69) is 9.47 Å². The van der Waals surface area contributed by atoms with Crippen LogP contribution in [0.25, 0.3) is 0 Å². The van der Waals surface area contributed by atoms with Crippen molar-refractivity contribution in [2.75, 3.05) is 7.11 Å². The van der Waals surface area contributed by atoms with Crippen LogP contribution >= 0.6 is 0 Å². The minimum absolute atomic E-state index is 0.452. The molecule has 0 fully saturated rings. The number of rotatable bonds is 2. The third-order valence-corrected chi connectivity index (χ3v) is 1.82. The summed E-state index contributed by atoms with van der Waals surface area (Å²) in [5.41, 5.74) is 1.35. The predicted molar refractivity (Wildman–Crippen MR) is 47.2 cm³/mol. The number of ether oxygens (including phenoxy) is 2. The Hall–Kier alpha value is -1.32. The van der Waals surface area contributed by atoms with Gasteiger partial charge >= 0.3 is 12.1 Å². The van der Waals surface area contributed by atoms with Crippen molar-refractivity contribution in [2.24, 2.45) is 0 Å². The fourth-order valence-corrected chi connectivity index (χ4v) is 0.633. The lowest BCUT2D eigenvalue weighted by atomic mass is 10.1. The van der Waals surface area contributed by atoms with Crippen molar-refractivity contribution >= 4 is 12.1 Å². The Bertz CT molecular complexity index is 240. The molecule has 0 aliphatic heterocycles. The minimum Gasteiger partial charge on any atom is -0.437 e. The molecule has 0 radical (unpaired) electrons. The van der Waals surface area contributed by atoms with Crippen molar-refractivity contribution in [1.82, 2.24) is 0 Å². The molecule has 0 spiro atoms. The Balaban J connectivity index is 4.36. The normalized spacial score (nSPS) is 11.7. The van der Waals surface area contributed by atoms with Gasteiger partial charge in [-0.2, -0.15) is 0 Å². The number of allylic oxidation sites excluding steroid dienone is 1. The third kappa shape index (κ3) is 3.73. The van der Waals surface area contributed by atoms with E-state index in [1.54, 1.807) is 6.92 Å². The number of carbonyl (C=O) groups is 2. The van der Waals surface area contributed by atoms with Gasteiger partial charge in [0.05, 0.1) is 7.11 Å². The smallest absolute Gasteiger partial charge is 0.437 e. The topological polar surface area (TPSA) is 52.6 Å². The first-order valence-electron chi connectivity index (χ1n) is 3.99. The highest BCUT2D eigenvalue weighted by Gasteiger charge is 2.13. The molecule has 0 aromatic heterocycles. The van der Waals surface area contributed by atoms with Gasteiger partial charge in [0.15, 0.2) is 0 Å². The zero-order chi connectivity index (χ0) is 10.4. The SMILES string of the molecule is CC/C(C)=C(\C)C(=O)OC(=O)OC. The van der Waals surface area contributed by atoms with Crippen molar-refractivity contribution in [3.8, 4) is 0 Å². The fourth-order valence-electron chi connectivity index (χ4n) is 0.633. The van der Waals surface area contributed by atoms with Crippen LogP contribution in [0.5, 0.6) is 0 Å². The number of esters is 1. The summed E-state index contributed by atoms with van der Waals surface area (Å²) in [4.78, 5) is 21.7. The van der Waals surface area contributed by atoms with Gasteiger partial charge in [-0.1, -0.05) is 12.5 Å². The lowest BCUT2D eigenvalue weighted by Crippen LogP contribution is -2.13. The van der Waals surface area contributed by atoms with Crippen LogP contribution in [0.15, 0.2) is 11.1 Å². The van der Waals surface area contributed by atoms with Gasteiger partial charge in [-0.15, -0.1) is 0 Å². The lowest BCUT2D eigenvalue weighted by Gasteiger charge is -2.03. The van der Waals surface area contributed by atoms with Gasteiger partial charge in [0.25, 0.3) is 0 Å². The molecule has 0 saturated heterocycles. The molecule has 0 bridgehead atoms. The van der Waals surface area contributed by atoms with E-state index in [0.29, 0.717) is 5.57 Å². The second kappa shape index (κ2) is 5.35. The monoisotopic (exact) mass is 186 g/mol. The van der Waals surface area contributed by atoms with Crippen LogP contribution in [0.1, 0.15) is 27.2 Å². The van der Waals surface area contributed by atoms with Gasteiger partial charge in [-0.3, -0.25) is 0 Å². The summed E-state index contributed by atoms with van der Waals surface area (Å²) >= 11 is 0. The Morgan fingerprint density at radius 2 is 1.77 bits per heavy atom. The van der Waals surface area contributed by atoms with Crippen molar-refractivity contribution in [1.29, 1.82) is 0 Å². The summed E-state index contributed by atoms with van der Waals surface area (Å²) in [7, 11) is 1.15. The summed E-state index contributed by atoms with van der Waals surface area (Å²) in [5, 5.41) is 0. The van der Waals surface area contributed by atoms with Crippen LogP contribution in [0.3, 0.4) is 0 Å². The molecule has 74 valence electrons. The van der Waals surface area contributed by atoms with Crippen molar-refractivity contribution < 1.29 is 19.1 Å². The molecule has 0 aromatic carbocycles. The summed E-state index contributed by atoms with van der Waals surface area (Å²) in [6, 6.07) is 0. The van der Waals surface area contributed by atoms with Gasteiger partial charge in [0.2, 0.25) is 0 Å². The largest absolute Gasteiger partial charge is 0.516 e. The summed E-state index contributed by atoms with van der Waals surface area (Å²) in [5.74, 6) is -0.647. The van der Waals surface area contributed by atoms with Crippen molar-refractivity contribution in [2.45, 2.75) is 27.2 Å². The molecule has 0 aliphatic carbocycles. The average Bonchev–Trinajstić information content (AvgIpc) is 2.14. The highest BCUT2D eigenvalue weighted by atomic mass is 16.7. The van der Waals surface area contributed by atoms with Crippen LogP contribution in [0, 0.1) is 0 Å². The van der Waals surface area contributed by atoms with Gasteiger partial charge in [0.1, 0.15) is 0 Å². The summed E-state index contributed by atoms with van der Waals surface area (Å²) in [6.07, 6.45) is -0.226. The van der Waals surface area contributed by atoms with Gasteiger partial charge in [-0.25, -0.2) is 9.59 Å². The second-order valence-electron chi connectivity index (χ2n) is 2.60. The Kier molecular flexibility index (Phi) is 4.80. The fraction of sp³-hybridized carbons (Fsp3) is 0.556. The van der Waals surface area contributed by atoms with E-state index in [-0.39, 0.29) is 0 Å². The second-order valence-corrected chi connectivity index (χ2v) is 2.60. The number of methoxy groups -OCH3 is 1. The molecule has 4 nitrogen and oxygen atoms in total. The van der Waals surface area contributed by atoms with Crippen LogP contribution in [-0.4, -0.2) is 19.2 Å². The number of hydrogen-bond acceptors (Lipinski definition) is 4. The maximum absolute atomic E-state index is 11.1. The predicted octanol–water partition coefficient (Wildman–Crippen LogP) is 2.04. The van der Waals surface area contributed by atoms with Crippen LogP contribution in [-0.2, 0) is 14.3 Å². The van der Waals surface area contributed by atoms with Gasteiger partial charge in [0, 0.05) is 5.57 Å². The first-order valence-corrected chi connectivity index (χ1v) is 3.99. The molecular weight excluding hydrogens is 172 g/mol. The van der Waals surface area contributed by atoms with Crippen molar-refractivity contribution in [3.63, 3.8) is 0 Å². The standard InChI is InChI=1S/C9H14O4/c1-5-6(2)7(3)8(10)13-9(11)12-4/h5H2,1-4H3/b7-6+. The Morgan fingerprint density at radius 3 is 2.15 bits per heavy atom. The quantitative estimate of drug-likeness (QED) is 0.376. The molecule has 0 saturated carbocycles. The molecule has 0 aliphatic rings. The number of hydrogen-bond donors (Lipinski definition) is 0. The molecule has 0 unspecified atom stereocenters. The molecule has 0 amide bonds. The third-order valence-electron chi connectivity index (χ3n) is 1.82. The van der Waals surface area contributed by atoms with E-state index in [4.69, 9.17) is 0 Å². The van der Waals surface area contributed by atoms with E-state index >= 15 is 0 Å². The molecule has 0 N–H and O–H groups in total. The Morgan fingerprint density at radius 1 is 1.23 bits per heavy atom. The highest BCUT2D eigenvalue weighted by molar-refractivity contribution is 5.94. The molecule has 0 heterocycles. The van der Waals surface area contributed by atoms with E-state index in [0.717, 1.165) is 19.1 Å². The molecular formula is C9H14O4. The van der Waals surface area contributed by atoms with E-state index in [9.17, 15) is 9.59 Å². The minimum atomic E-state index is -0.978. The molecule has 4 heteroatoms. The highest BCUT2D eigenvalue weighted by Crippen LogP contribution is 2.08. The van der Waals surface area contributed by atoms with E-state index in [1.807, 2.05) is 13.8 Å². The summed E-state index contributed by atoms with van der Waals surface area (Å²) in [6.45, 7) is 5.35. The average molecular weight is 186 g/mol. The molecule has 0 aromatic rings. The van der Waals surface area contributed by atoms with Crippen LogP contribution in [0.2, 0.25) is 0 Å². The van der Waals surface area contributed by atoms with Gasteiger partial charge < -0.3 is 9.47 Å². The zero-order valence-electron chi connectivity index (χ0n) is 8.34. The van der Waals surface area contributed by atoms with Crippen LogP contribution in [0.4, 0.5) is 4.79 Å². The van der Waals surface area contributed by atoms with Gasteiger partial charge in [-0.05, 0) is 20.3 Å². The Labute approximate surface area is 77.5 Å². The van der Waals surface area contributed by atoms with E-state index in [1.165, 1.54) is 0 Å². The zero-order valence-corrected chi connectivity index (χ0v) is 8.34. The lowest BCUT2D eigenvalue weighted by molar-refractivity contribution is -0.135. The van der Waals surface area contributed by atoms with Crippen LogP contribution < -0.4 is 0 Å². The maximum Gasteiger partial charge on any atom is 0.516 e. The molecule has 13 heavy (non-hydrogen) atoms. The molecule has 0 atom stereocenters. The maximum atomic E-state index is 11.1. The van der Waals surface area contributed by atoms with E-state index < -0.39 is 12.1 Å². The number of carbonyl (C=O) groups excluding carboxylic acids is 2.